The van der Waals surface area contributed by atoms with Crippen LogP contribution in [0.15, 0.2) is 143 Å². The molecular weight excluding hydrogens is 609 g/mol. The van der Waals surface area contributed by atoms with E-state index in [0.717, 1.165) is 45.3 Å². The van der Waals surface area contributed by atoms with Crippen LogP contribution in [0.5, 0.6) is 0 Å². The first kappa shape index (κ1) is 29.0. The van der Waals surface area contributed by atoms with Crippen molar-refractivity contribution in [2.45, 2.75) is 54.7 Å². The van der Waals surface area contributed by atoms with Crippen molar-refractivity contribution in [3.63, 3.8) is 0 Å². The van der Waals surface area contributed by atoms with Gasteiger partial charge in [0, 0.05) is 28.6 Å². The minimum absolute atomic E-state index is 0.169. The predicted octanol–water partition coefficient (Wildman–Crippen LogP) is 10.6. The summed E-state index contributed by atoms with van der Waals surface area (Å²) in [4.78, 5) is 5.36. The lowest BCUT2D eigenvalue weighted by molar-refractivity contribution is 0.591. The monoisotopic (exact) mass is 644 g/mol. The predicted molar refractivity (Wildman–Crippen MR) is 195 cm³/mol. The zero-order valence-electron chi connectivity index (χ0n) is 27.5. The van der Waals surface area contributed by atoms with Gasteiger partial charge in [-0.1, -0.05) is 100 Å². The summed E-state index contributed by atoms with van der Waals surface area (Å²) in [5.41, 5.74) is 12.7. The standard InChI is InChI=1S/C43H36N2O2S/c1-42(2)32-13-5-9-17-36(32)44(37-18-10-6-14-33(37)42)30-21-23-40-28(26-30)25-29-27-31(22-24-41(29)48(40,46)47)45-38-19-11-7-15-34(38)43(3,4)35-16-8-12-20-39(35)45/h5-24,26-27H,25H2,1-4H3. The molecule has 0 saturated heterocycles. The van der Waals surface area contributed by atoms with Crippen LogP contribution < -0.4 is 9.80 Å². The van der Waals surface area contributed by atoms with Crippen molar-refractivity contribution in [2.75, 3.05) is 9.80 Å². The van der Waals surface area contributed by atoms with Crippen molar-refractivity contribution < 1.29 is 8.42 Å². The molecule has 0 spiro atoms. The number of sulfone groups is 1. The molecule has 0 saturated carbocycles. The van der Waals surface area contributed by atoms with Crippen LogP contribution in [0, 0.1) is 0 Å². The van der Waals surface area contributed by atoms with Crippen LogP contribution in [0.3, 0.4) is 0 Å². The fraction of sp³-hybridized carbons (Fsp3) is 0.163. The molecule has 0 fully saturated rings. The highest BCUT2D eigenvalue weighted by Crippen LogP contribution is 2.54. The van der Waals surface area contributed by atoms with E-state index in [1.807, 2.05) is 12.1 Å². The Kier molecular flexibility index (Phi) is 6.02. The van der Waals surface area contributed by atoms with Gasteiger partial charge in [-0.25, -0.2) is 8.42 Å². The zero-order chi connectivity index (χ0) is 33.0. The highest BCUT2D eigenvalue weighted by molar-refractivity contribution is 7.91. The zero-order valence-corrected chi connectivity index (χ0v) is 28.3. The Morgan fingerprint density at radius 2 is 0.771 bits per heavy atom. The van der Waals surface area contributed by atoms with E-state index < -0.39 is 9.84 Å². The summed E-state index contributed by atoms with van der Waals surface area (Å²) >= 11 is 0. The largest absolute Gasteiger partial charge is 0.310 e. The van der Waals surface area contributed by atoms with Gasteiger partial charge in [-0.3, -0.25) is 0 Å². The average molecular weight is 645 g/mol. The minimum atomic E-state index is -3.71. The van der Waals surface area contributed by atoms with E-state index in [9.17, 15) is 8.42 Å². The number of hydrogen-bond acceptors (Lipinski definition) is 4. The molecule has 3 heterocycles. The van der Waals surface area contributed by atoms with E-state index in [0.29, 0.717) is 16.2 Å². The summed E-state index contributed by atoms with van der Waals surface area (Å²) in [5.74, 6) is 0. The smallest absolute Gasteiger partial charge is 0.207 e. The molecule has 0 bridgehead atoms. The number of benzene rings is 6. The number of anilines is 6. The van der Waals surface area contributed by atoms with Gasteiger partial charge >= 0.3 is 0 Å². The average Bonchev–Trinajstić information content (AvgIpc) is 3.08. The van der Waals surface area contributed by atoms with Crippen LogP contribution >= 0.6 is 0 Å². The van der Waals surface area contributed by atoms with Gasteiger partial charge in [0.15, 0.2) is 0 Å². The molecule has 0 amide bonds. The van der Waals surface area contributed by atoms with Crippen LogP contribution in [0.25, 0.3) is 0 Å². The van der Waals surface area contributed by atoms with Crippen LogP contribution in [0.4, 0.5) is 34.1 Å². The topological polar surface area (TPSA) is 40.6 Å². The third-order valence-corrected chi connectivity index (χ3v) is 12.8. The molecule has 0 aromatic heterocycles. The molecule has 48 heavy (non-hydrogen) atoms. The normalized spacial score (nSPS) is 17.2. The van der Waals surface area contributed by atoms with E-state index in [4.69, 9.17) is 0 Å². The van der Waals surface area contributed by atoms with Crippen LogP contribution in [0.2, 0.25) is 0 Å². The minimum Gasteiger partial charge on any atom is -0.310 e. The quantitative estimate of drug-likeness (QED) is 0.188. The molecule has 0 unspecified atom stereocenters. The van der Waals surface area contributed by atoms with E-state index in [-0.39, 0.29) is 10.8 Å². The Balaban J connectivity index is 1.18. The second-order valence-corrected chi connectivity index (χ2v) is 16.1. The summed E-state index contributed by atoms with van der Waals surface area (Å²) in [5, 5.41) is 0. The lowest BCUT2D eigenvalue weighted by Gasteiger charge is -2.42. The Labute approximate surface area is 282 Å². The molecule has 0 radical (unpaired) electrons. The molecule has 0 atom stereocenters. The van der Waals surface area contributed by atoms with Crippen LogP contribution in [-0.2, 0) is 27.1 Å². The molecular formula is C43H36N2O2S. The summed E-state index contributed by atoms with van der Waals surface area (Å²) in [7, 11) is -3.71. The van der Waals surface area contributed by atoms with Gasteiger partial charge in [0.2, 0.25) is 9.84 Å². The van der Waals surface area contributed by atoms with Crippen LogP contribution in [0.1, 0.15) is 61.1 Å². The Morgan fingerprint density at radius 3 is 1.10 bits per heavy atom. The summed E-state index contributed by atoms with van der Waals surface area (Å²) in [6.45, 7) is 9.10. The first-order valence-corrected chi connectivity index (χ1v) is 18.1. The van der Waals surface area contributed by atoms with Gasteiger partial charge < -0.3 is 9.80 Å². The second-order valence-electron chi connectivity index (χ2n) is 14.3. The number of hydrogen-bond donors (Lipinski definition) is 0. The van der Waals surface area contributed by atoms with E-state index in [2.05, 4.69) is 147 Å². The molecule has 6 aromatic rings. The first-order valence-electron chi connectivity index (χ1n) is 16.6. The Hall–Kier alpha value is -5.13. The van der Waals surface area contributed by atoms with Crippen molar-refractivity contribution >= 4 is 44.0 Å². The fourth-order valence-electron chi connectivity index (χ4n) is 8.43. The number of nitrogens with zero attached hydrogens (tertiary/aromatic N) is 2. The van der Waals surface area contributed by atoms with Crippen molar-refractivity contribution in [3.8, 4) is 0 Å². The summed E-state index contributed by atoms with van der Waals surface area (Å²) in [6.07, 6.45) is 0.525. The van der Waals surface area contributed by atoms with Gasteiger partial charge in [0.05, 0.1) is 32.5 Å². The number of fused-ring (bicyclic) bond motifs is 6. The molecule has 0 aliphatic carbocycles. The van der Waals surface area contributed by atoms with E-state index in [1.54, 1.807) is 12.1 Å². The number of rotatable bonds is 2. The van der Waals surface area contributed by atoms with Gasteiger partial charge in [-0.05, 0) is 94.0 Å². The highest BCUT2D eigenvalue weighted by atomic mass is 32.2. The van der Waals surface area contributed by atoms with Crippen molar-refractivity contribution in [2.24, 2.45) is 0 Å². The van der Waals surface area contributed by atoms with Gasteiger partial charge in [-0.15, -0.1) is 0 Å². The van der Waals surface area contributed by atoms with Crippen molar-refractivity contribution in [1.82, 2.24) is 0 Å². The fourth-order valence-corrected chi connectivity index (χ4v) is 10.1. The maximum Gasteiger partial charge on any atom is 0.207 e. The molecule has 3 aliphatic heterocycles. The first-order chi connectivity index (χ1) is 23.1. The molecule has 236 valence electrons. The Bertz CT molecular complexity index is 2160. The van der Waals surface area contributed by atoms with E-state index in [1.165, 1.54) is 22.3 Å². The highest BCUT2D eigenvalue weighted by Gasteiger charge is 2.39. The van der Waals surface area contributed by atoms with Gasteiger partial charge in [-0.2, -0.15) is 0 Å². The van der Waals surface area contributed by atoms with E-state index >= 15 is 0 Å². The van der Waals surface area contributed by atoms with Gasteiger partial charge in [0.1, 0.15) is 0 Å². The Morgan fingerprint density at radius 1 is 0.458 bits per heavy atom. The summed E-state index contributed by atoms with van der Waals surface area (Å²) < 4.78 is 28.4. The molecule has 9 rings (SSSR count). The van der Waals surface area contributed by atoms with Gasteiger partial charge in [0.25, 0.3) is 0 Å². The number of para-hydroxylation sites is 4. The molecule has 6 aromatic carbocycles. The lowest BCUT2D eigenvalue weighted by atomic mass is 9.73. The van der Waals surface area contributed by atoms with Crippen molar-refractivity contribution in [1.29, 1.82) is 0 Å². The third kappa shape index (κ3) is 3.91. The molecule has 5 heteroatoms. The SMILES string of the molecule is CC1(C)c2ccccc2N(c2ccc3c(c2)Cc2cc(N4c5ccccc5C(C)(C)c5ccccc54)ccc2S3(=O)=O)c2ccccc21. The maximum atomic E-state index is 14.2. The second kappa shape index (κ2) is 9.94. The lowest BCUT2D eigenvalue weighted by Crippen LogP contribution is -2.30. The van der Waals surface area contributed by atoms with Crippen molar-refractivity contribution in [3.05, 3.63) is 167 Å². The molecule has 3 aliphatic rings. The molecule has 0 N–H and O–H groups in total. The molecule has 4 nitrogen and oxygen atoms in total. The third-order valence-electron chi connectivity index (χ3n) is 10.8. The van der Waals surface area contributed by atoms with Crippen LogP contribution in [-0.4, -0.2) is 8.42 Å². The summed E-state index contributed by atoms with van der Waals surface area (Å²) in [6, 6.07) is 45.9. The maximum absolute atomic E-state index is 14.2.